The van der Waals surface area contributed by atoms with E-state index < -0.39 is 11.8 Å². The normalized spacial score (nSPS) is 10.6. The van der Waals surface area contributed by atoms with Crippen molar-refractivity contribution in [1.29, 1.82) is 0 Å². The van der Waals surface area contributed by atoms with Crippen LogP contribution in [0.2, 0.25) is 0 Å². The van der Waals surface area contributed by atoms with Gasteiger partial charge in [0.05, 0.1) is 5.56 Å². The number of ether oxygens (including phenoxy) is 1. The summed E-state index contributed by atoms with van der Waals surface area (Å²) in [5, 5.41) is 0. The quantitative estimate of drug-likeness (QED) is 0.290. The molecule has 0 radical (unpaired) electrons. The van der Waals surface area contributed by atoms with E-state index >= 15 is 0 Å². The van der Waals surface area contributed by atoms with E-state index in [2.05, 4.69) is 16.9 Å². The third kappa shape index (κ3) is 5.46. The van der Waals surface area contributed by atoms with Crippen molar-refractivity contribution in [2.24, 2.45) is 0 Å². The summed E-state index contributed by atoms with van der Waals surface area (Å²) in [6.07, 6.45) is 9.62. The van der Waals surface area contributed by atoms with Crippen molar-refractivity contribution in [1.82, 2.24) is 9.97 Å². The second kappa shape index (κ2) is 9.74. The van der Waals surface area contributed by atoms with Crippen molar-refractivity contribution in [2.45, 2.75) is 39.0 Å². The number of aryl methyl sites for hydroxylation is 1. The van der Waals surface area contributed by atoms with Crippen LogP contribution in [0, 0.1) is 5.82 Å². The first-order valence-electron chi connectivity index (χ1n) is 9.55. The molecule has 0 bridgehead atoms. The van der Waals surface area contributed by atoms with Gasteiger partial charge >= 0.3 is 5.97 Å². The summed E-state index contributed by atoms with van der Waals surface area (Å²) in [4.78, 5) is 21.0. The Labute approximate surface area is 164 Å². The predicted molar refractivity (Wildman–Crippen MR) is 107 cm³/mol. The van der Waals surface area contributed by atoms with Gasteiger partial charge in [-0.25, -0.2) is 19.2 Å². The lowest BCUT2D eigenvalue weighted by Crippen LogP contribution is -2.08. The van der Waals surface area contributed by atoms with Crippen LogP contribution < -0.4 is 4.74 Å². The molecular formula is C23H23FN2O2. The first-order valence-corrected chi connectivity index (χ1v) is 9.55. The third-order valence-electron chi connectivity index (χ3n) is 4.43. The van der Waals surface area contributed by atoms with E-state index in [1.165, 1.54) is 43.5 Å². The molecule has 0 aliphatic rings. The zero-order chi connectivity index (χ0) is 19.8. The summed E-state index contributed by atoms with van der Waals surface area (Å²) in [6, 6.07) is 12.2. The summed E-state index contributed by atoms with van der Waals surface area (Å²) in [5.74, 6) is 0.114. The van der Waals surface area contributed by atoms with Crippen molar-refractivity contribution < 1.29 is 13.9 Å². The molecule has 0 spiro atoms. The summed E-state index contributed by atoms with van der Waals surface area (Å²) >= 11 is 0. The Kier molecular flexibility index (Phi) is 6.84. The van der Waals surface area contributed by atoms with Crippen LogP contribution in [-0.2, 0) is 6.42 Å². The van der Waals surface area contributed by atoms with E-state index in [0.29, 0.717) is 17.1 Å². The molecule has 1 aromatic heterocycles. The van der Waals surface area contributed by atoms with Crippen LogP contribution in [0.3, 0.4) is 0 Å². The Balaban J connectivity index is 1.59. The standard InChI is InChI=1S/C23H23FN2O2/c1-2-3-4-5-6-17-15-25-22(26-16-17)18-9-13-21(14-10-18)28-23(27)19-7-11-20(24)12-8-19/h7-16H,2-6H2,1H3. The molecule has 5 heteroatoms. The van der Waals surface area contributed by atoms with E-state index in [1.807, 2.05) is 24.5 Å². The van der Waals surface area contributed by atoms with Crippen LogP contribution >= 0.6 is 0 Å². The van der Waals surface area contributed by atoms with Gasteiger partial charge in [-0.3, -0.25) is 0 Å². The van der Waals surface area contributed by atoms with Gasteiger partial charge in [-0.05, 0) is 66.9 Å². The van der Waals surface area contributed by atoms with Gasteiger partial charge in [-0.1, -0.05) is 26.2 Å². The maximum absolute atomic E-state index is 12.9. The van der Waals surface area contributed by atoms with Crippen LogP contribution in [-0.4, -0.2) is 15.9 Å². The lowest BCUT2D eigenvalue weighted by molar-refractivity contribution is 0.0734. The van der Waals surface area contributed by atoms with Crippen molar-refractivity contribution in [3.8, 4) is 17.1 Å². The second-order valence-electron chi connectivity index (χ2n) is 6.65. The molecule has 28 heavy (non-hydrogen) atoms. The average molecular weight is 378 g/mol. The van der Waals surface area contributed by atoms with E-state index in [1.54, 1.807) is 12.1 Å². The molecule has 0 N–H and O–H groups in total. The Hall–Kier alpha value is -3.08. The van der Waals surface area contributed by atoms with Gasteiger partial charge < -0.3 is 4.74 Å². The molecule has 2 aromatic carbocycles. The number of hydrogen-bond donors (Lipinski definition) is 0. The third-order valence-corrected chi connectivity index (χ3v) is 4.43. The highest BCUT2D eigenvalue weighted by molar-refractivity contribution is 5.91. The van der Waals surface area contributed by atoms with Crippen LogP contribution in [0.15, 0.2) is 60.9 Å². The van der Waals surface area contributed by atoms with Gasteiger partial charge in [-0.15, -0.1) is 0 Å². The van der Waals surface area contributed by atoms with E-state index in [9.17, 15) is 9.18 Å². The van der Waals surface area contributed by atoms with Crippen molar-refractivity contribution in [3.63, 3.8) is 0 Å². The van der Waals surface area contributed by atoms with Gasteiger partial charge in [0.1, 0.15) is 11.6 Å². The molecule has 0 aliphatic heterocycles. The monoisotopic (exact) mass is 378 g/mol. The van der Waals surface area contributed by atoms with Gasteiger partial charge in [0.2, 0.25) is 0 Å². The molecular weight excluding hydrogens is 355 g/mol. The lowest BCUT2D eigenvalue weighted by Gasteiger charge is -2.06. The van der Waals surface area contributed by atoms with E-state index in [-0.39, 0.29) is 0 Å². The minimum atomic E-state index is -0.531. The molecule has 1 heterocycles. The Morgan fingerprint density at radius 3 is 2.25 bits per heavy atom. The van der Waals surface area contributed by atoms with Crippen LogP contribution in [0.5, 0.6) is 5.75 Å². The van der Waals surface area contributed by atoms with Crippen LogP contribution in [0.25, 0.3) is 11.4 Å². The lowest BCUT2D eigenvalue weighted by atomic mass is 10.1. The smallest absolute Gasteiger partial charge is 0.343 e. The fraction of sp³-hybridized carbons (Fsp3) is 0.261. The summed E-state index contributed by atoms with van der Waals surface area (Å²) in [6.45, 7) is 2.20. The Morgan fingerprint density at radius 1 is 0.929 bits per heavy atom. The molecule has 0 saturated heterocycles. The molecule has 0 atom stereocenters. The number of aromatic nitrogens is 2. The van der Waals surface area contributed by atoms with Crippen molar-refractivity contribution in [2.75, 3.05) is 0 Å². The van der Waals surface area contributed by atoms with Gasteiger partial charge in [0.15, 0.2) is 5.82 Å². The van der Waals surface area contributed by atoms with Crippen LogP contribution in [0.1, 0.15) is 48.5 Å². The molecule has 3 rings (SSSR count). The number of unbranched alkanes of at least 4 members (excludes halogenated alkanes) is 3. The largest absolute Gasteiger partial charge is 0.423 e. The maximum atomic E-state index is 12.9. The molecule has 144 valence electrons. The maximum Gasteiger partial charge on any atom is 0.343 e. The second-order valence-corrected chi connectivity index (χ2v) is 6.65. The number of carbonyl (C=O) groups excluding carboxylic acids is 1. The minimum absolute atomic E-state index is 0.295. The van der Waals surface area contributed by atoms with Gasteiger partial charge in [0.25, 0.3) is 0 Å². The SMILES string of the molecule is CCCCCCc1cnc(-c2ccc(OC(=O)c3ccc(F)cc3)cc2)nc1. The molecule has 0 amide bonds. The first kappa shape index (κ1) is 19.7. The number of benzene rings is 2. The fourth-order valence-corrected chi connectivity index (χ4v) is 2.81. The molecule has 0 unspecified atom stereocenters. The number of carbonyl (C=O) groups is 1. The minimum Gasteiger partial charge on any atom is -0.423 e. The summed E-state index contributed by atoms with van der Waals surface area (Å²) in [7, 11) is 0. The highest BCUT2D eigenvalue weighted by atomic mass is 19.1. The molecule has 0 aliphatic carbocycles. The highest BCUT2D eigenvalue weighted by Gasteiger charge is 2.09. The van der Waals surface area contributed by atoms with Gasteiger partial charge in [0, 0.05) is 18.0 Å². The highest BCUT2D eigenvalue weighted by Crippen LogP contribution is 2.20. The summed E-state index contributed by atoms with van der Waals surface area (Å²) in [5.41, 5.74) is 2.28. The van der Waals surface area contributed by atoms with Gasteiger partial charge in [-0.2, -0.15) is 0 Å². The van der Waals surface area contributed by atoms with E-state index in [0.717, 1.165) is 24.0 Å². The fourth-order valence-electron chi connectivity index (χ4n) is 2.81. The Morgan fingerprint density at radius 2 is 1.61 bits per heavy atom. The molecule has 4 nitrogen and oxygen atoms in total. The van der Waals surface area contributed by atoms with Crippen molar-refractivity contribution >= 4 is 5.97 Å². The topological polar surface area (TPSA) is 52.1 Å². The number of halogens is 1. The van der Waals surface area contributed by atoms with E-state index in [4.69, 9.17) is 4.74 Å². The predicted octanol–water partition coefficient (Wildman–Crippen LogP) is 5.62. The van der Waals surface area contributed by atoms with Crippen LogP contribution in [0.4, 0.5) is 4.39 Å². The average Bonchev–Trinajstić information content (AvgIpc) is 2.73. The Bertz CT molecular complexity index is 891. The molecule has 3 aromatic rings. The zero-order valence-electron chi connectivity index (χ0n) is 15.9. The number of esters is 1. The molecule has 0 fully saturated rings. The first-order chi connectivity index (χ1) is 13.7. The summed E-state index contributed by atoms with van der Waals surface area (Å²) < 4.78 is 18.2. The zero-order valence-corrected chi connectivity index (χ0v) is 15.9. The van der Waals surface area contributed by atoms with Crippen molar-refractivity contribution in [3.05, 3.63) is 77.9 Å². The molecule has 0 saturated carbocycles. The number of hydrogen-bond acceptors (Lipinski definition) is 4. The number of nitrogens with zero attached hydrogens (tertiary/aromatic N) is 2. The number of rotatable bonds is 8.